The summed E-state index contributed by atoms with van der Waals surface area (Å²) in [6, 6.07) is 55.1. The van der Waals surface area contributed by atoms with Crippen LogP contribution < -0.4 is 10.4 Å². The zero-order valence-corrected chi connectivity index (χ0v) is 31.4. The quantitative estimate of drug-likeness (QED) is 0.149. The van der Waals surface area contributed by atoms with Gasteiger partial charge in [0.05, 0.1) is 5.70 Å². The molecule has 0 saturated carbocycles. The summed E-state index contributed by atoms with van der Waals surface area (Å²) in [6.45, 7) is 2.20. The van der Waals surface area contributed by atoms with Crippen molar-refractivity contribution in [2.24, 2.45) is 10.9 Å². The average Bonchev–Trinajstić information content (AvgIpc) is 3.26. The van der Waals surface area contributed by atoms with E-state index in [0.29, 0.717) is 0 Å². The minimum Gasteiger partial charge on any atom is -0.252 e. The number of rotatable bonds is 8. The van der Waals surface area contributed by atoms with E-state index in [1.165, 1.54) is 71.3 Å². The van der Waals surface area contributed by atoms with Crippen LogP contribution in [0.25, 0.3) is 38.7 Å². The van der Waals surface area contributed by atoms with Gasteiger partial charge in [-0.3, -0.25) is 4.99 Å². The fraction of sp³-hybridized carbons (Fsp3) is 0.130. The molecule has 1 nitrogen and oxygen atoms in total. The third-order valence-electron chi connectivity index (χ3n) is 11.3. The lowest BCUT2D eigenvalue weighted by molar-refractivity contribution is 0.803. The second-order valence-electron chi connectivity index (χ2n) is 14.8. The molecule has 1 heteroatoms. The topological polar surface area (TPSA) is 12.4 Å². The molecule has 1 aliphatic heterocycles. The Labute approximate surface area is 325 Å². The maximum absolute atomic E-state index is 5.55. The molecule has 0 N–H and O–H groups in total. The fourth-order valence-electron chi connectivity index (χ4n) is 8.66. The predicted octanol–water partition coefficient (Wildman–Crippen LogP) is 12.3. The highest BCUT2D eigenvalue weighted by Gasteiger charge is 2.27. The molecule has 0 saturated heterocycles. The minimum atomic E-state index is 0.186. The van der Waals surface area contributed by atoms with Crippen molar-refractivity contribution in [3.05, 3.63) is 232 Å². The molecule has 55 heavy (non-hydrogen) atoms. The van der Waals surface area contributed by atoms with E-state index in [2.05, 4.69) is 201 Å². The van der Waals surface area contributed by atoms with Crippen LogP contribution in [-0.4, -0.2) is 5.71 Å². The highest BCUT2D eigenvalue weighted by molar-refractivity contribution is 6.08. The van der Waals surface area contributed by atoms with Gasteiger partial charge < -0.3 is 0 Å². The van der Waals surface area contributed by atoms with Crippen molar-refractivity contribution in [2.45, 2.75) is 38.5 Å². The first-order valence-corrected chi connectivity index (χ1v) is 19.8. The molecule has 0 radical (unpaired) electrons. The van der Waals surface area contributed by atoms with Crippen molar-refractivity contribution in [1.82, 2.24) is 0 Å². The highest BCUT2D eigenvalue weighted by atomic mass is 14.8. The van der Waals surface area contributed by atoms with Gasteiger partial charge in [-0.1, -0.05) is 207 Å². The summed E-state index contributed by atoms with van der Waals surface area (Å²) in [5.74, 6) is 0.456. The van der Waals surface area contributed by atoms with Gasteiger partial charge in [-0.15, -0.1) is 0 Å². The van der Waals surface area contributed by atoms with Crippen molar-refractivity contribution in [3.63, 3.8) is 0 Å². The van der Waals surface area contributed by atoms with Crippen LogP contribution in [0.5, 0.6) is 0 Å². The summed E-state index contributed by atoms with van der Waals surface area (Å²) in [7, 11) is 0. The van der Waals surface area contributed by atoms with Crippen LogP contribution in [0.4, 0.5) is 0 Å². The highest BCUT2D eigenvalue weighted by Crippen LogP contribution is 2.40. The van der Waals surface area contributed by atoms with E-state index in [1.54, 1.807) is 0 Å². The van der Waals surface area contributed by atoms with Gasteiger partial charge in [0.1, 0.15) is 0 Å². The molecule has 0 spiro atoms. The fourth-order valence-corrected chi connectivity index (χ4v) is 8.66. The normalized spacial score (nSPS) is 19.0. The van der Waals surface area contributed by atoms with Gasteiger partial charge >= 0.3 is 0 Å². The molecular formula is C54H45N. The van der Waals surface area contributed by atoms with Crippen LogP contribution in [0.3, 0.4) is 0 Å². The van der Waals surface area contributed by atoms with E-state index in [1.807, 2.05) is 0 Å². The smallest absolute Gasteiger partial charge is 0.0678 e. The summed E-state index contributed by atoms with van der Waals surface area (Å²) in [5, 5.41) is 5.16. The lowest BCUT2D eigenvalue weighted by atomic mass is 9.77. The molecule has 0 aromatic heterocycles. The van der Waals surface area contributed by atoms with Crippen LogP contribution in [0, 0.1) is 5.92 Å². The summed E-state index contributed by atoms with van der Waals surface area (Å²) in [5.41, 5.74) is 13.9. The van der Waals surface area contributed by atoms with Gasteiger partial charge in [0, 0.05) is 29.5 Å². The Balaban J connectivity index is 1.17. The van der Waals surface area contributed by atoms with Crippen molar-refractivity contribution in [2.75, 3.05) is 0 Å². The van der Waals surface area contributed by atoms with Gasteiger partial charge in [-0.2, -0.15) is 0 Å². The van der Waals surface area contributed by atoms with Crippen LogP contribution in [0.1, 0.15) is 55.2 Å². The molecule has 6 aromatic carbocycles. The van der Waals surface area contributed by atoms with E-state index < -0.39 is 0 Å². The summed E-state index contributed by atoms with van der Waals surface area (Å²) < 4.78 is 0. The largest absolute Gasteiger partial charge is 0.252 e. The van der Waals surface area contributed by atoms with Gasteiger partial charge in [-0.05, 0) is 79.4 Å². The van der Waals surface area contributed by atoms with Crippen molar-refractivity contribution >= 4 is 33.3 Å². The second-order valence-corrected chi connectivity index (χ2v) is 14.8. The van der Waals surface area contributed by atoms with E-state index in [-0.39, 0.29) is 11.8 Å². The summed E-state index contributed by atoms with van der Waals surface area (Å²) in [4.78, 5) is 5.55. The third-order valence-corrected chi connectivity index (χ3v) is 11.3. The Bertz CT molecular complexity index is 2690. The molecule has 6 aromatic rings. The molecule has 0 amide bonds. The molecule has 0 fully saturated rings. The van der Waals surface area contributed by atoms with Crippen LogP contribution in [0.15, 0.2) is 210 Å². The molecule has 1 heterocycles. The molecule has 3 aliphatic rings. The standard InChI is InChI=1S/C54H45N/c1-2-3-6-23-45-35-51(48-30-13-14-31-50(48)54(45)40-21-9-5-10-22-40)43-27-16-28-44(34-43)52-36-46(42-26-15-25-41(33-42)38-18-7-4-8-19-38)37-53(55-52)49-32-17-24-39-20-11-12-29-47(39)49/h3-26,28-34,37,43,46H,2,27,35-36H2,1H3/b6-3-,45-23+/t43?,46-/m1/s1. The Morgan fingerprint density at radius 1 is 0.655 bits per heavy atom. The molecule has 0 bridgehead atoms. The Kier molecular flexibility index (Phi) is 9.76. The molecule has 1 unspecified atom stereocenters. The number of hydrogen-bond acceptors (Lipinski definition) is 1. The summed E-state index contributed by atoms with van der Waals surface area (Å²) in [6.07, 6.45) is 20.3. The van der Waals surface area contributed by atoms with E-state index in [0.717, 1.165) is 37.1 Å². The van der Waals surface area contributed by atoms with Gasteiger partial charge in [0.2, 0.25) is 0 Å². The number of nitrogens with zero attached hydrogens (tertiary/aromatic N) is 1. The second kappa shape index (κ2) is 15.6. The summed E-state index contributed by atoms with van der Waals surface area (Å²) >= 11 is 0. The Hall–Kier alpha value is -6.31. The van der Waals surface area contributed by atoms with E-state index in [9.17, 15) is 0 Å². The van der Waals surface area contributed by atoms with Crippen LogP contribution in [-0.2, 0) is 0 Å². The minimum absolute atomic E-state index is 0.186. The Morgan fingerprint density at radius 3 is 2.20 bits per heavy atom. The number of benzene rings is 6. The number of aliphatic imine (C=N–C) groups is 1. The predicted molar refractivity (Wildman–Crippen MR) is 234 cm³/mol. The van der Waals surface area contributed by atoms with Crippen molar-refractivity contribution in [1.29, 1.82) is 0 Å². The van der Waals surface area contributed by atoms with E-state index in [4.69, 9.17) is 4.99 Å². The first-order valence-electron chi connectivity index (χ1n) is 19.8. The first-order chi connectivity index (χ1) is 27.2. The van der Waals surface area contributed by atoms with Crippen LogP contribution in [0.2, 0.25) is 0 Å². The molecule has 9 rings (SSSR count). The zero-order chi connectivity index (χ0) is 37.0. The molecular weight excluding hydrogens is 663 g/mol. The van der Waals surface area contributed by atoms with Gasteiger partial charge in [0.25, 0.3) is 0 Å². The van der Waals surface area contributed by atoms with Gasteiger partial charge in [0.15, 0.2) is 0 Å². The Morgan fingerprint density at radius 2 is 1.36 bits per heavy atom. The number of fused-ring (bicyclic) bond motifs is 2. The maximum Gasteiger partial charge on any atom is 0.0678 e. The average molecular weight is 708 g/mol. The monoisotopic (exact) mass is 707 g/mol. The molecule has 266 valence electrons. The van der Waals surface area contributed by atoms with Crippen LogP contribution >= 0.6 is 0 Å². The maximum atomic E-state index is 5.55. The molecule has 2 aliphatic carbocycles. The first kappa shape index (κ1) is 34.5. The SMILES string of the molecule is CC/C=C\C=C1/CC(C2C=C(C3=NC(c4cccc5ccccc45)=C[C@H](c4cccc(-c5ccccc5)c4)C3)C=CC2)=c2ccccc2=C1c1ccccc1. The number of hydrogen-bond donors (Lipinski definition) is 0. The third kappa shape index (κ3) is 7.07. The van der Waals surface area contributed by atoms with E-state index >= 15 is 0 Å². The van der Waals surface area contributed by atoms with Crippen molar-refractivity contribution in [3.8, 4) is 11.1 Å². The van der Waals surface area contributed by atoms with Gasteiger partial charge in [-0.25, -0.2) is 0 Å². The lowest BCUT2D eigenvalue weighted by Crippen LogP contribution is -2.35. The number of allylic oxidation sites excluding steroid dienone is 9. The lowest BCUT2D eigenvalue weighted by Gasteiger charge is -2.28. The molecule has 2 atom stereocenters. The van der Waals surface area contributed by atoms with Crippen molar-refractivity contribution < 1.29 is 0 Å². The zero-order valence-electron chi connectivity index (χ0n) is 31.4.